The summed E-state index contributed by atoms with van der Waals surface area (Å²) in [6.45, 7) is 11.8. The number of nitro benzene ring substituents is 2. The van der Waals surface area contributed by atoms with E-state index < -0.39 is 0 Å². The molecule has 0 spiro atoms. The van der Waals surface area contributed by atoms with E-state index in [9.17, 15) is 20.2 Å². The molecule has 9 nitrogen and oxygen atoms in total. The van der Waals surface area contributed by atoms with Crippen LogP contribution in [0, 0.1) is 34.1 Å². The first kappa shape index (κ1) is 25.8. The molecule has 0 amide bonds. The van der Waals surface area contributed by atoms with Gasteiger partial charge in [0.15, 0.2) is 0 Å². The molecular weight excluding hydrogens is 422 g/mol. The number of anilines is 2. The molecule has 0 unspecified atom stereocenters. The Balaban J connectivity index is 1.79. The Morgan fingerprint density at radius 2 is 1.30 bits per heavy atom. The molecule has 0 aliphatic carbocycles. The van der Waals surface area contributed by atoms with E-state index in [-0.39, 0.29) is 21.2 Å². The summed E-state index contributed by atoms with van der Waals surface area (Å²) in [6, 6.07) is 10.2. The van der Waals surface area contributed by atoms with Crippen LogP contribution in [-0.2, 0) is 0 Å². The number of likely N-dealkylation sites (N-methyl/N-ethyl adjacent to an activating group) is 1. The minimum Gasteiger partial charge on any atom is -0.385 e. The molecular formula is C24H34N5O4+. The Labute approximate surface area is 195 Å². The standard InChI is InChI=1S/C24H34N5O4/c1-5-14-29(4,15-6-12-25-21-8-10-23(27(30)31)19(2)17-21)16-7-13-26-22-9-11-24(28(32)33)20(3)18-22/h5,8-11,17-18,25-26H,1,6-7,12-16H2,2-4H3/q+1. The summed E-state index contributed by atoms with van der Waals surface area (Å²) in [4.78, 5) is 21.2. The average Bonchev–Trinajstić information content (AvgIpc) is 2.74. The lowest BCUT2D eigenvalue weighted by molar-refractivity contribution is -0.904. The molecule has 0 atom stereocenters. The highest BCUT2D eigenvalue weighted by atomic mass is 16.6. The molecule has 33 heavy (non-hydrogen) atoms. The number of nitrogens with zero attached hydrogens (tertiary/aromatic N) is 3. The van der Waals surface area contributed by atoms with E-state index in [4.69, 9.17) is 0 Å². The smallest absolute Gasteiger partial charge is 0.272 e. The maximum Gasteiger partial charge on any atom is 0.272 e. The number of benzene rings is 2. The quantitative estimate of drug-likeness (QED) is 0.135. The van der Waals surface area contributed by atoms with E-state index in [0.29, 0.717) is 11.1 Å². The highest BCUT2D eigenvalue weighted by molar-refractivity contribution is 5.54. The van der Waals surface area contributed by atoms with Gasteiger partial charge in [-0.3, -0.25) is 20.2 Å². The van der Waals surface area contributed by atoms with Crippen LogP contribution in [0.1, 0.15) is 24.0 Å². The lowest BCUT2D eigenvalue weighted by Crippen LogP contribution is -2.46. The molecule has 0 aliphatic heterocycles. The zero-order valence-corrected chi connectivity index (χ0v) is 19.7. The Hall–Kier alpha value is -3.46. The van der Waals surface area contributed by atoms with E-state index in [2.05, 4.69) is 24.3 Å². The monoisotopic (exact) mass is 456 g/mol. The topological polar surface area (TPSA) is 110 Å². The first-order chi connectivity index (χ1) is 15.6. The lowest BCUT2D eigenvalue weighted by Gasteiger charge is -2.34. The van der Waals surface area contributed by atoms with Gasteiger partial charge < -0.3 is 15.1 Å². The van der Waals surface area contributed by atoms with Gasteiger partial charge in [-0.25, -0.2) is 0 Å². The second-order valence-electron chi connectivity index (χ2n) is 8.62. The number of nitrogens with one attached hydrogen (secondary N) is 2. The summed E-state index contributed by atoms with van der Waals surface area (Å²) in [5.41, 5.74) is 3.33. The number of aryl methyl sites for hydroxylation is 2. The van der Waals surface area contributed by atoms with E-state index in [1.54, 1.807) is 26.0 Å². The second kappa shape index (κ2) is 12.0. The van der Waals surface area contributed by atoms with Crippen molar-refractivity contribution < 1.29 is 14.3 Å². The van der Waals surface area contributed by atoms with Crippen molar-refractivity contribution in [2.24, 2.45) is 0 Å². The number of quaternary nitrogens is 1. The van der Waals surface area contributed by atoms with Crippen LogP contribution in [0.15, 0.2) is 49.1 Å². The van der Waals surface area contributed by atoms with Gasteiger partial charge in [-0.05, 0) is 44.2 Å². The van der Waals surface area contributed by atoms with Crippen molar-refractivity contribution >= 4 is 22.7 Å². The van der Waals surface area contributed by atoms with E-state index in [1.165, 1.54) is 12.1 Å². The first-order valence-electron chi connectivity index (χ1n) is 11.1. The predicted octanol–water partition coefficient (Wildman–Crippen LogP) is 5.06. The summed E-state index contributed by atoms with van der Waals surface area (Å²) >= 11 is 0. The molecule has 0 saturated heterocycles. The molecule has 9 heteroatoms. The van der Waals surface area contributed by atoms with Crippen molar-refractivity contribution in [3.8, 4) is 0 Å². The molecule has 178 valence electrons. The third kappa shape index (κ3) is 7.87. The fraction of sp³-hybridized carbons (Fsp3) is 0.417. The summed E-state index contributed by atoms with van der Waals surface area (Å²) < 4.78 is 0.867. The molecule has 0 bridgehead atoms. The van der Waals surface area contributed by atoms with Crippen molar-refractivity contribution in [2.45, 2.75) is 26.7 Å². The van der Waals surface area contributed by atoms with Gasteiger partial charge in [-0.15, -0.1) is 0 Å². The zero-order valence-electron chi connectivity index (χ0n) is 19.7. The number of nitro groups is 2. The summed E-state index contributed by atoms with van der Waals surface area (Å²) in [6.07, 6.45) is 3.85. The van der Waals surface area contributed by atoms with Gasteiger partial charge in [0.2, 0.25) is 0 Å². The van der Waals surface area contributed by atoms with Crippen molar-refractivity contribution in [3.63, 3.8) is 0 Å². The van der Waals surface area contributed by atoms with Crippen LogP contribution < -0.4 is 10.6 Å². The van der Waals surface area contributed by atoms with Gasteiger partial charge in [-0.2, -0.15) is 0 Å². The fourth-order valence-corrected chi connectivity index (χ4v) is 3.93. The summed E-state index contributed by atoms with van der Waals surface area (Å²) in [5, 5.41) is 28.6. The van der Waals surface area contributed by atoms with Gasteiger partial charge in [0.1, 0.15) is 0 Å². The largest absolute Gasteiger partial charge is 0.385 e. The molecule has 2 aromatic carbocycles. The number of hydrogen-bond donors (Lipinski definition) is 2. The summed E-state index contributed by atoms with van der Waals surface area (Å²) in [7, 11) is 2.22. The summed E-state index contributed by atoms with van der Waals surface area (Å²) in [5.74, 6) is 0. The van der Waals surface area contributed by atoms with E-state index in [1.807, 2.05) is 18.2 Å². The number of hydrogen-bond acceptors (Lipinski definition) is 6. The van der Waals surface area contributed by atoms with E-state index in [0.717, 1.165) is 61.4 Å². The van der Waals surface area contributed by atoms with Crippen LogP contribution in [0.4, 0.5) is 22.7 Å². The molecule has 0 saturated carbocycles. The second-order valence-corrected chi connectivity index (χ2v) is 8.62. The minimum atomic E-state index is -0.366. The van der Waals surface area contributed by atoms with Gasteiger partial charge in [-0.1, -0.05) is 6.58 Å². The molecule has 0 radical (unpaired) electrons. The molecule has 0 fully saturated rings. The maximum atomic E-state index is 11.0. The van der Waals surface area contributed by atoms with Crippen LogP contribution in [0.3, 0.4) is 0 Å². The first-order valence-corrected chi connectivity index (χ1v) is 11.1. The third-order valence-electron chi connectivity index (χ3n) is 5.76. The Kier molecular flexibility index (Phi) is 9.35. The SMILES string of the molecule is C=CC[N+](C)(CCCNc1ccc([N+](=O)[O-])c(C)c1)CCCNc1ccc([N+](=O)[O-])c(C)c1. The molecule has 2 N–H and O–H groups in total. The van der Waals surface area contributed by atoms with Crippen molar-refractivity contribution in [1.82, 2.24) is 0 Å². The molecule has 2 rings (SSSR count). The zero-order chi connectivity index (χ0) is 24.4. The molecule has 0 aliphatic rings. The van der Waals surface area contributed by atoms with Gasteiger partial charge in [0.05, 0.1) is 36.5 Å². The third-order valence-corrected chi connectivity index (χ3v) is 5.76. The van der Waals surface area contributed by atoms with Crippen molar-refractivity contribution in [1.29, 1.82) is 0 Å². The molecule has 0 heterocycles. The van der Waals surface area contributed by atoms with Gasteiger partial charge >= 0.3 is 0 Å². The number of rotatable bonds is 14. The Morgan fingerprint density at radius 1 is 0.879 bits per heavy atom. The maximum absolute atomic E-state index is 11.0. The van der Waals surface area contributed by atoms with Crippen LogP contribution in [0.2, 0.25) is 0 Å². The van der Waals surface area contributed by atoms with Crippen LogP contribution in [0.5, 0.6) is 0 Å². The van der Waals surface area contributed by atoms with Crippen molar-refractivity contribution in [3.05, 3.63) is 80.4 Å². The predicted molar refractivity (Wildman–Crippen MR) is 133 cm³/mol. The molecule has 2 aromatic rings. The lowest BCUT2D eigenvalue weighted by atomic mass is 10.1. The van der Waals surface area contributed by atoms with E-state index >= 15 is 0 Å². The van der Waals surface area contributed by atoms with Gasteiger partial charge in [0.25, 0.3) is 11.4 Å². The minimum absolute atomic E-state index is 0.133. The highest BCUT2D eigenvalue weighted by Gasteiger charge is 2.19. The average molecular weight is 457 g/mol. The van der Waals surface area contributed by atoms with Crippen LogP contribution >= 0.6 is 0 Å². The Morgan fingerprint density at radius 3 is 1.64 bits per heavy atom. The Bertz CT molecular complexity index is 921. The van der Waals surface area contributed by atoms with Crippen molar-refractivity contribution in [2.75, 3.05) is 50.4 Å². The fourth-order valence-electron chi connectivity index (χ4n) is 3.93. The van der Waals surface area contributed by atoms with Crippen LogP contribution in [0.25, 0.3) is 0 Å². The van der Waals surface area contributed by atoms with Gasteiger partial charge in [0, 0.05) is 60.6 Å². The molecule has 0 aromatic heterocycles. The van der Waals surface area contributed by atoms with Crippen LogP contribution in [-0.4, -0.2) is 54.1 Å². The normalized spacial score (nSPS) is 11.1. The highest BCUT2D eigenvalue weighted by Crippen LogP contribution is 2.22.